The van der Waals surface area contributed by atoms with E-state index in [1.54, 1.807) is 6.07 Å². The highest BCUT2D eigenvalue weighted by molar-refractivity contribution is 5.49. The summed E-state index contributed by atoms with van der Waals surface area (Å²) < 4.78 is 15.0. The fraction of sp³-hybridized carbons (Fsp3) is 0.286. The van der Waals surface area contributed by atoms with Crippen LogP contribution in [0.4, 0.5) is 10.1 Å². The average molecular weight is 258 g/mol. The van der Waals surface area contributed by atoms with Crippen molar-refractivity contribution < 1.29 is 4.39 Å². The SMILES string of the molecule is CCc1cc(CNc2ccc(F)c(C#N)c2)n(C)n1. The van der Waals surface area contributed by atoms with Crippen molar-refractivity contribution in [3.05, 3.63) is 47.0 Å². The van der Waals surface area contributed by atoms with Gasteiger partial charge >= 0.3 is 0 Å². The fourth-order valence-electron chi connectivity index (χ4n) is 1.82. The second kappa shape index (κ2) is 5.53. The summed E-state index contributed by atoms with van der Waals surface area (Å²) in [4.78, 5) is 0. The third-order valence-corrected chi connectivity index (χ3v) is 2.95. The molecule has 1 heterocycles. The van der Waals surface area contributed by atoms with Gasteiger partial charge in [0, 0.05) is 12.7 Å². The molecule has 0 aliphatic rings. The Labute approximate surface area is 111 Å². The summed E-state index contributed by atoms with van der Waals surface area (Å²) in [7, 11) is 1.89. The summed E-state index contributed by atoms with van der Waals surface area (Å²) >= 11 is 0. The zero-order valence-electron chi connectivity index (χ0n) is 10.9. The van der Waals surface area contributed by atoms with Crippen LogP contribution < -0.4 is 5.32 Å². The molecule has 2 rings (SSSR count). The van der Waals surface area contributed by atoms with Gasteiger partial charge in [0.05, 0.1) is 23.5 Å². The second-order valence-electron chi connectivity index (χ2n) is 4.26. The Morgan fingerprint density at radius 3 is 2.84 bits per heavy atom. The van der Waals surface area contributed by atoms with Crippen molar-refractivity contribution in [1.82, 2.24) is 9.78 Å². The summed E-state index contributed by atoms with van der Waals surface area (Å²) in [5.74, 6) is -0.498. The van der Waals surface area contributed by atoms with E-state index in [0.717, 1.165) is 23.5 Å². The number of nitrogens with zero attached hydrogens (tertiary/aromatic N) is 3. The number of nitrogens with one attached hydrogen (secondary N) is 1. The van der Waals surface area contributed by atoms with E-state index in [0.29, 0.717) is 6.54 Å². The lowest BCUT2D eigenvalue weighted by atomic mass is 10.2. The summed E-state index contributed by atoms with van der Waals surface area (Å²) in [5.41, 5.74) is 2.84. The molecule has 5 heteroatoms. The molecule has 0 amide bonds. The van der Waals surface area contributed by atoms with E-state index in [1.807, 2.05) is 23.9 Å². The number of halogens is 1. The van der Waals surface area contributed by atoms with Gasteiger partial charge in [-0.05, 0) is 30.7 Å². The Balaban J connectivity index is 2.10. The highest BCUT2D eigenvalue weighted by Crippen LogP contribution is 2.15. The first-order valence-electron chi connectivity index (χ1n) is 6.09. The second-order valence-corrected chi connectivity index (χ2v) is 4.26. The van der Waals surface area contributed by atoms with Gasteiger partial charge in [0.2, 0.25) is 0 Å². The Hall–Kier alpha value is -2.35. The molecule has 1 aromatic carbocycles. The number of hydrogen-bond donors (Lipinski definition) is 1. The zero-order valence-corrected chi connectivity index (χ0v) is 10.9. The average Bonchev–Trinajstić information content (AvgIpc) is 2.78. The Morgan fingerprint density at radius 1 is 1.42 bits per heavy atom. The van der Waals surface area contributed by atoms with Gasteiger partial charge in [-0.2, -0.15) is 10.4 Å². The number of benzene rings is 1. The largest absolute Gasteiger partial charge is 0.379 e. The van der Waals surface area contributed by atoms with Crippen LogP contribution in [-0.2, 0) is 20.0 Å². The van der Waals surface area contributed by atoms with Gasteiger partial charge in [-0.3, -0.25) is 4.68 Å². The van der Waals surface area contributed by atoms with Crippen LogP contribution in [0.25, 0.3) is 0 Å². The van der Waals surface area contributed by atoms with Crippen LogP contribution in [0.2, 0.25) is 0 Å². The standard InChI is InChI=1S/C14H15FN4/c1-3-11-7-13(19(2)18-11)9-17-12-4-5-14(15)10(6-12)8-16/h4-7,17H,3,9H2,1-2H3. The van der Waals surface area contributed by atoms with Gasteiger partial charge in [0.15, 0.2) is 0 Å². The number of nitriles is 1. The molecule has 0 atom stereocenters. The molecule has 0 bridgehead atoms. The van der Waals surface area contributed by atoms with Crippen molar-refractivity contribution in [1.29, 1.82) is 5.26 Å². The highest BCUT2D eigenvalue weighted by atomic mass is 19.1. The predicted molar refractivity (Wildman–Crippen MR) is 71.0 cm³/mol. The molecule has 2 aromatic rings. The first kappa shape index (κ1) is 13.1. The van der Waals surface area contributed by atoms with Crippen LogP contribution in [0.1, 0.15) is 23.9 Å². The minimum absolute atomic E-state index is 0.0456. The van der Waals surface area contributed by atoms with Crippen LogP contribution in [0.3, 0.4) is 0 Å². The number of anilines is 1. The molecule has 0 aliphatic carbocycles. The molecule has 0 saturated heterocycles. The molecular weight excluding hydrogens is 243 g/mol. The van der Waals surface area contributed by atoms with Crippen molar-refractivity contribution in [3.8, 4) is 6.07 Å². The topological polar surface area (TPSA) is 53.6 Å². The molecule has 1 N–H and O–H groups in total. The number of hydrogen-bond acceptors (Lipinski definition) is 3. The van der Waals surface area contributed by atoms with Crippen LogP contribution >= 0.6 is 0 Å². The van der Waals surface area contributed by atoms with Crippen molar-refractivity contribution >= 4 is 5.69 Å². The molecule has 4 nitrogen and oxygen atoms in total. The minimum atomic E-state index is -0.498. The molecule has 98 valence electrons. The Morgan fingerprint density at radius 2 is 2.21 bits per heavy atom. The van der Waals surface area contributed by atoms with Crippen LogP contribution in [0.5, 0.6) is 0 Å². The maximum atomic E-state index is 13.2. The highest BCUT2D eigenvalue weighted by Gasteiger charge is 2.05. The maximum absolute atomic E-state index is 13.2. The molecule has 0 saturated carbocycles. The van der Waals surface area contributed by atoms with E-state index in [-0.39, 0.29) is 5.56 Å². The van der Waals surface area contributed by atoms with Gasteiger partial charge in [-0.25, -0.2) is 4.39 Å². The van der Waals surface area contributed by atoms with Crippen LogP contribution in [-0.4, -0.2) is 9.78 Å². The quantitative estimate of drug-likeness (QED) is 0.917. The summed E-state index contributed by atoms with van der Waals surface area (Å²) in [6.07, 6.45) is 0.892. The van der Waals surface area contributed by atoms with Gasteiger partial charge in [0.1, 0.15) is 11.9 Å². The van der Waals surface area contributed by atoms with Crippen molar-refractivity contribution in [2.75, 3.05) is 5.32 Å². The first-order chi connectivity index (χ1) is 9.13. The smallest absolute Gasteiger partial charge is 0.141 e. The van der Waals surface area contributed by atoms with E-state index in [9.17, 15) is 4.39 Å². The molecule has 0 radical (unpaired) electrons. The number of rotatable bonds is 4. The van der Waals surface area contributed by atoms with Crippen LogP contribution in [0, 0.1) is 17.1 Å². The summed E-state index contributed by atoms with van der Waals surface area (Å²) in [6, 6.07) is 8.27. The molecule has 0 unspecified atom stereocenters. The lowest BCUT2D eigenvalue weighted by Crippen LogP contribution is -2.05. The molecule has 0 spiro atoms. The number of aromatic nitrogens is 2. The number of aryl methyl sites for hydroxylation is 2. The third kappa shape index (κ3) is 2.91. The normalized spacial score (nSPS) is 10.2. The van der Waals surface area contributed by atoms with E-state index in [1.165, 1.54) is 12.1 Å². The predicted octanol–water partition coefficient (Wildman–Crippen LogP) is 2.61. The Kier molecular flexibility index (Phi) is 3.81. The summed E-state index contributed by atoms with van der Waals surface area (Å²) in [6.45, 7) is 2.64. The Bertz CT molecular complexity index is 625. The molecule has 0 aliphatic heterocycles. The van der Waals surface area contributed by atoms with Crippen LogP contribution in [0.15, 0.2) is 24.3 Å². The third-order valence-electron chi connectivity index (χ3n) is 2.95. The van der Waals surface area contributed by atoms with Crippen molar-refractivity contribution in [2.24, 2.45) is 7.05 Å². The summed E-state index contributed by atoms with van der Waals surface area (Å²) in [5, 5.41) is 16.3. The molecule has 19 heavy (non-hydrogen) atoms. The fourth-order valence-corrected chi connectivity index (χ4v) is 1.82. The van der Waals surface area contributed by atoms with E-state index >= 15 is 0 Å². The van der Waals surface area contributed by atoms with E-state index in [4.69, 9.17) is 5.26 Å². The molecular formula is C14H15FN4. The van der Waals surface area contributed by atoms with Gasteiger partial charge < -0.3 is 5.32 Å². The molecule has 0 fully saturated rings. The maximum Gasteiger partial charge on any atom is 0.141 e. The zero-order chi connectivity index (χ0) is 13.8. The van der Waals surface area contributed by atoms with Gasteiger partial charge in [-0.1, -0.05) is 6.92 Å². The monoisotopic (exact) mass is 258 g/mol. The van der Waals surface area contributed by atoms with E-state index < -0.39 is 5.82 Å². The lowest BCUT2D eigenvalue weighted by molar-refractivity contribution is 0.624. The van der Waals surface area contributed by atoms with Crippen molar-refractivity contribution in [3.63, 3.8) is 0 Å². The van der Waals surface area contributed by atoms with Gasteiger partial charge in [-0.15, -0.1) is 0 Å². The van der Waals surface area contributed by atoms with E-state index in [2.05, 4.69) is 17.3 Å². The van der Waals surface area contributed by atoms with Crippen molar-refractivity contribution in [2.45, 2.75) is 19.9 Å². The lowest BCUT2D eigenvalue weighted by Gasteiger charge is -2.07. The molecule has 1 aromatic heterocycles. The van der Waals surface area contributed by atoms with Gasteiger partial charge in [0.25, 0.3) is 0 Å². The first-order valence-corrected chi connectivity index (χ1v) is 6.09. The minimum Gasteiger partial charge on any atom is -0.379 e.